The van der Waals surface area contributed by atoms with E-state index in [0.29, 0.717) is 19.4 Å². The van der Waals surface area contributed by atoms with Crippen LogP contribution in [0.15, 0.2) is 0 Å². The number of hydrogen-bond donors (Lipinski definition) is 1. The van der Waals surface area contributed by atoms with Gasteiger partial charge in [-0.3, -0.25) is 0 Å². The standard InChI is InChI=1S/C12H21F3O2/c1-3-6-17-11(16)9-5-4-8(2)10(7-9)12(13,14)15/h8-11,16H,3-7H2,1-2H3. The molecule has 0 heterocycles. The number of ether oxygens (including phenoxy) is 1. The van der Waals surface area contributed by atoms with Crippen molar-refractivity contribution < 1.29 is 23.0 Å². The summed E-state index contributed by atoms with van der Waals surface area (Å²) in [4.78, 5) is 0. The highest BCUT2D eigenvalue weighted by Gasteiger charge is 2.47. The molecule has 0 spiro atoms. The predicted molar refractivity (Wildman–Crippen MR) is 58.3 cm³/mol. The normalized spacial score (nSPS) is 32.5. The van der Waals surface area contributed by atoms with Gasteiger partial charge in [0.25, 0.3) is 0 Å². The average molecular weight is 254 g/mol. The van der Waals surface area contributed by atoms with Crippen LogP contribution in [-0.4, -0.2) is 24.2 Å². The van der Waals surface area contributed by atoms with Crippen LogP contribution >= 0.6 is 0 Å². The molecule has 102 valence electrons. The third-order valence-electron chi connectivity index (χ3n) is 3.55. The highest BCUT2D eigenvalue weighted by Crippen LogP contribution is 2.44. The maximum atomic E-state index is 12.8. The lowest BCUT2D eigenvalue weighted by Gasteiger charge is -2.37. The lowest BCUT2D eigenvalue weighted by molar-refractivity contribution is -0.215. The topological polar surface area (TPSA) is 29.5 Å². The molecule has 0 bridgehead atoms. The van der Waals surface area contributed by atoms with Gasteiger partial charge in [0.15, 0.2) is 6.29 Å². The van der Waals surface area contributed by atoms with E-state index >= 15 is 0 Å². The Morgan fingerprint density at radius 2 is 2.00 bits per heavy atom. The number of rotatable bonds is 4. The Balaban J connectivity index is 2.54. The van der Waals surface area contributed by atoms with Crippen molar-refractivity contribution in [2.45, 2.75) is 52.0 Å². The fourth-order valence-electron chi connectivity index (χ4n) is 2.44. The van der Waals surface area contributed by atoms with E-state index in [0.717, 1.165) is 6.42 Å². The summed E-state index contributed by atoms with van der Waals surface area (Å²) < 4.78 is 43.4. The smallest absolute Gasteiger partial charge is 0.368 e. The van der Waals surface area contributed by atoms with Crippen LogP contribution in [0.1, 0.15) is 39.5 Å². The second-order valence-electron chi connectivity index (χ2n) is 4.96. The zero-order valence-corrected chi connectivity index (χ0v) is 10.3. The van der Waals surface area contributed by atoms with Gasteiger partial charge < -0.3 is 9.84 Å². The molecular weight excluding hydrogens is 233 g/mol. The number of hydrogen-bond acceptors (Lipinski definition) is 2. The Morgan fingerprint density at radius 3 is 2.53 bits per heavy atom. The third kappa shape index (κ3) is 4.14. The van der Waals surface area contributed by atoms with E-state index in [9.17, 15) is 18.3 Å². The first-order valence-corrected chi connectivity index (χ1v) is 6.22. The summed E-state index contributed by atoms with van der Waals surface area (Å²) in [7, 11) is 0. The minimum Gasteiger partial charge on any atom is -0.368 e. The van der Waals surface area contributed by atoms with Gasteiger partial charge in [0.1, 0.15) is 0 Å². The van der Waals surface area contributed by atoms with Crippen molar-refractivity contribution in [2.24, 2.45) is 17.8 Å². The maximum Gasteiger partial charge on any atom is 0.392 e. The van der Waals surface area contributed by atoms with Crippen molar-refractivity contribution in [2.75, 3.05) is 6.61 Å². The van der Waals surface area contributed by atoms with Crippen LogP contribution in [0.3, 0.4) is 0 Å². The Bertz CT molecular complexity index is 230. The SMILES string of the molecule is CCCOC(O)C1CCC(C)C(C(F)(F)F)C1. The monoisotopic (exact) mass is 254 g/mol. The van der Waals surface area contributed by atoms with Crippen molar-refractivity contribution in [3.05, 3.63) is 0 Å². The molecule has 4 atom stereocenters. The summed E-state index contributed by atoms with van der Waals surface area (Å²) in [5.74, 6) is -2.05. The van der Waals surface area contributed by atoms with Crippen LogP contribution in [0.25, 0.3) is 0 Å². The van der Waals surface area contributed by atoms with E-state index in [-0.39, 0.29) is 18.3 Å². The summed E-state index contributed by atoms with van der Waals surface area (Å²) in [5.41, 5.74) is 0. The largest absolute Gasteiger partial charge is 0.392 e. The minimum atomic E-state index is -4.16. The van der Waals surface area contributed by atoms with Crippen LogP contribution in [0, 0.1) is 17.8 Å². The van der Waals surface area contributed by atoms with Gasteiger partial charge >= 0.3 is 6.18 Å². The molecule has 1 saturated carbocycles. The molecule has 0 saturated heterocycles. The molecule has 0 aromatic rings. The van der Waals surface area contributed by atoms with Gasteiger partial charge in [0.2, 0.25) is 0 Å². The van der Waals surface area contributed by atoms with Crippen molar-refractivity contribution in [1.82, 2.24) is 0 Å². The minimum absolute atomic E-state index is 0.0183. The van der Waals surface area contributed by atoms with Gasteiger partial charge in [-0.2, -0.15) is 13.2 Å². The molecular formula is C12H21F3O2. The van der Waals surface area contributed by atoms with Crippen LogP contribution in [-0.2, 0) is 4.74 Å². The van der Waals surface area contributed by atoms with Crippen LogP contribution < -0.4 is 0 Å². The summed E-state index contributed by atoms with van der Waals surface area (Å²) in [5, 5.41) is 9.69. The fourth-order valence-corrected chi connectivity index (χ4v) is 2.44. The highest BCUT2D eigenvalue weighted by molar-refractivity contribution is 4.83. The van der Waals surface area contributed by atoms with E-state index in [1.165, 1.54) is 0 Å². The van der Waals surface area contributed by atoms with Crippen LogP contribution in [0.4, 0.5) is 13.2 Å². The van der Waals surface area contributed by atoms with E-state index < -0.39 is 18.4 Å². The molecule has 2 nitrogen and oxygen atoms in total. The molecule has 1 N–H and O–H groups in total. The Kier molecular flexibility index (Phi) is 5.25. The van der Waals surface area contributed by atoms with E-state index in [2.05, 4.69) is 0 Å². The summed E-state index contributed by atoms with van der Waals surface area (Å²) >= 11 is 0. The first-order chi connectivity index (χ1) is 7.86. The number of halogens is 3. The van der Waals surface area contributed by atoms with Gasteiger partial charge in [0, 0.05) is 12.5 Å². The molecule has 0 aromatic heterocycles. The summed E-state index contributed by atoms with van der Waals surface area (Å²) in [6.07, 6.45) is -3.37. The molecule has 1 aliphatic rings. The number of aliphatic hydroxyl groups is 1. The van der Waals surface area contributed by atoms with E-state index in [1.54, 1.807) is 6.92 Å². The Morgan fingerprint density at radius 1 is 1.35 bits per heavy atom. The first-order valence-electron chi connectivity index (χ1n) is 6.22. The zero-order valence-electron chi connectivity index (χ0n) is 10.3. The van der Waals surface area contributed by atoms with Crippen molar-refractivity contribution in [3.8, 4) is 0 Å². The van der Waals surface area contributed by atoms with Crippen molar-refractivity contribution >= 4 is 0 Å². The zero-order chi connectivity index (χ0) is 13.1. The second kappa shape index (κ2) is 6.05. The number of alkyl halides is 3. The lowest BCUT2D eigenvalue weighted by Crippen LogP contribution is -2.38. The van der Waals surface area contributed by atoms with E-state index in [1.807, 2.05) is 6.92 Å². The molecule has 4 unspecified atom stereocenters. The number of aliphatic hydroxyl groups excluding tert-OH is 1. The second-order valence-corrected chi connectivity index (χ2v) is 4.96. The molecule has 1 aliphatic carbocycles. The predicted octanol–water partition coefficient (Wildman–Crippen LogP) is 3.35. The average Bonchev–Trinajstić information content (AvgIpc) is 2.25. The quantitative estimate of drug-likeness (QED) is 0.780. The first kappa shape index (κ1) is 14.8. The molecule has 0 aromatic carbocycles. The van der Waals surface area contributed by atoms with Crippen LogP contribution in [0.2, 0.25) is 0 Å². The molecule has 1 fully saturated rings. The molecule has 0 radical (unpaired) electrons. The van der Waals surface area contributed by atoms with Gasteiger partial charge in [-0.1, -0.05) is 13.8 Å². The van der Waals surface area contributed by atoms with Gasteiger partial charge in [-0.05, 0) is 31.6 Å². The highest BCUT2D eigenvalue weighted by atomic mass is 19.4. The fraction of sp³-hybridized carbons (Fsp3) is 1.00. The summed E-state index contributed by atoms with van der Waals surface area (Å²) in [6.45, 7) is 3.92. The maximum absolute atomic E-state index is 12.8. The molecule has 17 heavy (non-hydrogen) atoms. The van der Waals surface area contributed by atoms with Crippen LogP contribution in [0.5, 0.6) is 0 Å². The molecule has 1 rings (SSSR count). The summed E-state index contributed by atoms with van der Waals surface area (Å²) in [6, 6.07) is 0. The van der Waals surface area contributed by atoms with Gasteiger partial charge in [0.05, 0.1) is 5.92 Å². The molecule has 0 aliphatic heterocycles. The van der Waals surface area contributed by atoms with Gasteiger partial charge in [-0.25, -0.2) is 0 Å². The van der Waals surface area contributed by atoms with E-state index in [4.69, 9.17) is 4.74 Å². The molecule has 5 heteroatoms. The Hall–Kier alpha value is -0.290. The Labute approximate surface area is 100 Å². The van der Waals surface area contributed by atoms with Gasteiger partial charge in [-0.15, -0.1) is 0 Å². The van der Waals surface area contributed by atoms with Crippen molar-refractivity contribution in [3.63, 3.8) is 0 Å². The third-order valence-corrected chi connectivity index (χ3v) is 3.55. The lowest BCUT2D eigenvalue weighted by atomic mass is 9.74. The van der Waals surface area contributed by atoms with Crippen molar-refractivity contribution in [1.29, 1.82) is 0 Å². The molecule has 0 amide bonds.